The van der Waals surface area contributed by atoms with Crippen molar-refractivity contribution >= 4 is 23.2 Å². The molecule has 0 aromatic heterocycles. The molecular weight excluding hydrogens is 215 g/mol. The van der Waals surface area contributed by atoms with Crippen molar-refractivity contribution in [2.45, 2.75) is 33.1 Å². The van der Waals surface area contributed by atoms with E-state index in [-0.39, 0.29) is 0 Å². The van der Waals surface area contributed by atoms with Gasteiger partial charge in [-0.2, -0.15) is 0 Å². The Kier molecular flexibility index (Phi) is 4.77. The first-order valence-electron chi connectivity index (χ1n) is 5.03. The number of hydrogen-bond acceptors (Lipinski definition) is 0. The van der Waals surface area contributed by atoms with Crippen molar-refractivity contribution in [3.05, 3.63) is 33.8 Å². The Hall–Kier alpha value is -0.200. The van der Waals surface area contributed by atoms with Crippen LogP contribution in [0.15, 0.2) is 18.2 Å². The van der Waals surface area contributed by atoms with E-state index in [0.717, 1.165) is 22.4 Å². The maximum Gasteiger partial charge on any atom is 0.0423 e. The lowest BCUT2D eigenvalue weighted by Crippen LogP contribution is -1.91. The van der Waals surface area contributed by atoms with Gasteiger partial charge in [-0.25, -0.2) is 0 Å². The zero-order valence-electron chi connectivity index (χ0n) is 8.69. The molecule has 0 aliphatic rings. The van der Waals surface area contributed by atoms with E-state index in [9.17, 15) is 0 Å². The summed E-state index contributed by atoms with van der Waals surface area (Å²) in [6.45, 7) is 4.48. The highest BCUT2D eigenvalue weighted by Crippen LogP contribution is 2.20. The minimum absolute atomic E-state index is 0.733. The fourth-order valence-electron chi connectivity index (χ4n) is 1.47. The van der Waals surface area contributed by atoms with E-state index in [0.29, 0.717) is 0 Å². The zero-order chi connectivity index (χ0) is 10.6. The van der Waals surface area contributed by atoms with Crippen molar-refractivity contribution in [2.75, 3.05) is 0 Å². The second-order valence-corrected chi connectivity index (χ2v) is 4.94. The number of halogens is 2. The molecule has 78 valence electrons. The lowest BCUT2D eigenvalue weighted by Gasteiger charge is -2.05. The van der Waals surface area contributed by atoms with Crippen molar-refractivity contribution in [3.63, 3.8) is 0 Å². The van der Waals surface area contributed by atoms with Crippen molar-refractivity contribution < 1.29 is 0 Å². The summed E-state index contributed by atoms with van der Waals surface area (Å²) in [7, 11) is 0. The molecule has 0 nitrogen and oxygen atoms in total. The summed E-state index contributed by atoms with van der Waals surface area (Å²) < 4.78 is 0. The second kappa shape index (κ2) is 5.63. The molecule has 1 aromatic carbocycles. The van der Waals surface area contributed by atoms with Gasteiger partial charge in [0.1, 0.15) is 0 Å². The van der Waals surface area contributed by atoms with Crippen LogP contribution in [0.25, 0.3) is 0 Å². The molecule has 0 bridgehead atoms. The van der Waals surface area contributed by atoms with Crippen LogP contribution in [0.2, 0.25) is 10.0 Å². The largest absolute Gasteiger partial charge is 0.0843 e. The van der Waals surface area contributed by atoms with Crippen LogP contribution in [-0.2, 0) is 6.42 Å². The third-order valence-electron chi connectivity index (χ3n) is 2.17. The molecule has 1 rings (SSSR count). The van der Waals surface area contributed by atoms with E-state index in [4.69, 9.17) is 23.2 Å². The minimum Gasteiger partial charge on any atom is -0.0843 e. The summed E-state index contributed by atoms with van der Waals surface area (Å²) >= 11 is 11.8. The van der Waals surface area contributed by atoms with E-state index in [2.05, 4.69) is 13.8 Å². The number of rotatable bonds is 4. The summed E-state index contributed by atoms with van der Waals surface area (Å²) in [4.78, 5) is 0. The molecular formula is C12H16Cl2. The third kappa shape index (κ3) is 4.34. The van der Waals surface area contributed by atoms with E-state index in [1.54, 1.807) is 6.07 Å². The van der Waals surface area contributed by atoms with Gasteiger partial charge in [-0.15, -0.1) is 0 Å². The molecule has 0 amide bonds. The van der Waals surface area contributed by atoms with Crippen molar-refractivity contribution in [3.8, 4) is 0 Å². The highest BCUT2D eigenvalue weighted by molar-refractivity contribution is 6.34. The van der Waals surface area contributed by atoms with Crippen LogP contribution in [0.3, 0.4) is 0 Å². The summed E-state index contributed by atoms with van der Waals surface area (Å²) in [5, 5.41) is 1.47. The topological polar surface area (TPSA) is 0 Å². The molecule has 0 unspecified atom stereocenters. The highest BCUT2D eigenvalue weighted by Gasteiger charge is 1.99. The summed E-state index contributed by atoms with van der Waals surface area (Å²) in [6, 6.07) is 5.76. The van der Waals surface area contributed by atoms with Gasteiger partial charge in [-0.05, 0) is 42.5 Å². The normalized spacial score (nSPS) is 10.9. The average Bonchev–Trinajstić information content (AvgIpc) is 2.01. The molecule has 0 saturated heterocycles. The Morgan fingerprint density at radius 3 is 2.14 bits per heavy atom. The van der Waals surface area contributed by atoms with Crippen molar-refractivity contribution in [2.24, 2.45) is 5.92 Å². The molecule has 14 heavy (non-hydrogen) atoms. The molecule has 0 fully saturated rings. The molecule has 0 radical (unpaired) electrons. The predicted octanol–water partition coefficient (Wildman–Crippen LogP) is 4.97. The van der Waals surface area contributed by atoms with Gasteiger partial charge >= 0.3 is 0 Å². The van der Waals surface area contributed by atoms with E-state index in [1.165, 1.54) is 18.4 Å². The monoisotopic (exact) mass is 230 g/mol. The highest BCUT2D eigenvalue weighted by atomic mass is 35.5. The molecule has 0 saturated carbocycles. The van der Waals surface area contributed by atoms with Crippen LogP contribution in [0, 0.1) is 5.92 Å². The molecule has 0 aliphatic heterocycles. The maximum absolute atomic E-state index is 5.91. The second-order valence-electron chi connectivity index (χ2n) is 4.06. The average molecular weight is 231 g/mol. The molecule has 0 atom stereocenters. The molecule has 0 N–H and O–H groups in total. The summed E-state index contributed by atoms with van der Waals surface area (Å²) in [5.74, 6) is 0.768. The molecule has 0 aliphatic carbocycles. The third-order valence-corrected chi connectivity index (χ3v) is 2.61. The van der Waals surface area contributed by atoms with Gasteiger partial charge in [0, 0.05) is 10.0 Å². The lowest BCUT2D eigenvalue weighted by molar-refractivity contribution is 0.556. The number of aryl methyl sites for hydroxylation is 1. The van der Waals surface area contributed by atoms with E-state index >= 15 is 0 Å². The first-order valence-corrected chi connectivity index (χ1v) is 5.78. The summed E-state index contributed by atoms with van der Waals surface area (Å²) in [5.41, 5.74) is 1.24. The molecule has 2 heteroatoms. The smallest absolute Gasteiger partial charge is 0.0423 e. The quantitative estimate of drug-likeness (QED) is 0.686. The maximum atomic E-state index is 5.91. The number of hydrogen-bond donors (Lipinski definition) is 0. The molecule has 1 aromatic rings. The van der Waals surface area contributed by atoms with E-state index in [1.807, 2.05) is 12.1 Å². The first kappa shape index (κ1) is 11.9. The van der Waals surface area contributed by atoms with Crippen LogP contribution >= 0.6 is 23.2 Å². The van der Waals surface area contributed by atoms with Gasteiger partial charge in [0.2, 0.25) is 0 Å². The van der Waals surface area contributed by atoms with Gasteiger partial charge in [0.15, 0.2) is 0 Å². The van der Waals surface area contributed by atoms with Crippen LogP contribution in [0.1, 0.15) is 32.3 Å². The van der Waals surface area contributed by atoms with Gasteiger partial charge in [0.25, 0.3) is 0 Å². The molecule has 0 spiro atoms. The first-order chi connectivity index (χ1) is 6.58. The Labute approximate surface area is 96.2 Å². The lowest BCUT2D eigenvalue weighted by atomic mass is 10.0. The van der Waals surface area contributed by atoms with Crippen LogP contribution in [-0.4, -0.2) is 0 Å². The fraction of sp³-hybridized carbons (Fsp3) is 0.500. The van der Waals surface area contributed by atoms with Gasteiger partial charge < -0.3 is 0 Å². The fourth-order valence-corrected chi connectivity index (χ4v) is 2.04. The van der Waals surface area contributed by atoms with Gasteiger partial charge in [-0.3, -0.25) is 0 Å². The zero-order valence-corrected chi connectivity index (χ0v) is 10.2. The van der Waals surface area contributed by atoms with Crippen LogP contribution in [0.5, 0.6) is 0 Å². The Morgan fingerprint density at radius 2 is 1.64 bits per heavy atom. The summed E-state index contributed by atoms with van der Waals surface area (Å²) in [6.07, 6.45) is 3.52. The predicted molar refractivity (Wildman–Crippen MR) is 64.2 cm³/mol. The Bertz CT molecular complexity index is 272. The Morgan fingerprint density at radius 1 is 1.07 bits per heavy atom. The minimum atomic E-state index is 0.733. The van der Waals surface area contributed by atoms with Crippen LogP contribution < -0.4 is 0 Å². The van der Waals surface area contributed by atoms with Crippen molar-refractivity contribution in [1.29, 1.82) is 0 Å². The Balaban J connectivity index is 2.50. The van der Waals surface area contributed by atoms with Gasteiger partial charge in [-0.1, -0.05) is 43.5 Å². The SMILES string of the molecule is CC(C)CCCc1cc(Cl)cc(Cl)c1. The molecule has 0 heterocycles. The van der Waals surface area contributed by atoms with Gasteiger partial charge in [0.05, 0.1) is 0 Å². The van der Waals surface area contributed by atoms with E-state index < -0.39 is 0 Å². The number of benzene rings is 1. The standard InChI is InChI=1S/C12H16Cl2/c1-9(2)4-3-5-10-6-11(13)8-12(14)7-10/h6-9H,3-5H2,1-2H3. The van der Waals surface area contributed by atoms with Crippen LogP contribution in [0.4, 0.5) is 0 Å². The van der Waals surface area contributed by atoms with Crippen molar-refractivity contribution in [1.82, 2.24) is 0 Å².